The molecule has 0 spiro atoms. The molecule has 1 fully saturated rings. The van der Waals surface area contributed by atoms with Gasteiger partial charge >= 0.3 is 0 Å². The van der Waals surface area contributed by atoms with Crippen LogP contribution in [0.2, 0.25) is 0 Å². The van der Waals surface area contributed by atoms with Crippen LogP contribution in [0, 0.1) is 24.6 Å². The summed E-state index contributed by atoms with van der Waals surface area (Å²) in [6, 6.07) is 6.46. The van der Waals surface area contributed by atoms with E-state index in [-0.39, 0.29) is 17.6 Å². The van der Waals surface area contributed by atoms with E-state index in [1.54, 1.807) is 12.1 Å². The molecule has 1 aromatic carbocycles. The van der Waals surface area contributed by atoms with E-state index in [2.05, 4.69) is 35.3 Å². The number of benzene rings is 1. The second kappa shape index (κ2) is 9.13. The summed E-state index contributed by atoms with van der Waals surface area (Å²) in [5.74, 6) is 0.464. The first-order chi connectivity index (χ1) is 14.5. The third-order valence-electron chi connectivity index (χ3n) is 6.51. The molecule has 0 unspecified atom stereocenters. The van der Waals surface area contributed by atoms with Crippen molar-refractivity contribution in [1.29, 1.82) is 0 Å². The van der Waals surface area contributed by atoms with Gasteiger partial charge in [0, 0.05) is 44.4 Å². The van der Waals surface area contributed by atoms with Gasteiger partial charge in [0.05, 0.1) is 5.69 Å². The fourth-order valence-corrected chi connectivity index (χ4v) is 4.77. The molecule has 0 bridgehead atoms. The van der Waals surface area contributed by atoms with Crippen LogP contribution in [-0.2, 0) is 24.9 Å². The van der Waals surface area contributed by atoms with Crippen molar-refractivity contribution in [3.05, 3.63) is 65.3 Å². The zero-order valence-electron chi connectivity index (χ0n) is 17.9. The van der Waals surface area contributed by atoms with Crippen molar-refractivity contribution >= 4 is 5.91 Å². The Kier molecular flexibility index (Phi) is 6.32. The fourth-order valence-electron chi connectivity index (χ4n) is 4.77. The minimum absolute atomic E-state index is 0.0477. The van der Waals surface area contributed by atoms with Gasteiger partial charge in [0.15, 0.2) is 0 Å². The van der Waals surface area contributed by atoms with Gasteiger partial charge in [0.25, 0.3) is 0 Å². The van der Waals surface area contributed by atoms with E-state index in [0.717, 1.165) is 50.2 Å². The lowest BCUT2D eigenvalue weighted by Gasteiger charge is -2.36. The lowest BCUT2D eigenvalue weighted by molar-refractivity contribution is -0.137. The molecule has 0 saturated carbocycles. The predicted octanol–water partition coefficient (Wildman–Crippen LogP) is 3.68. The predicted molar refractivity (Wildman–Crippen MR) is 115 cm³/mol. The van der Waals surface area contributed by atoms with Crippen molar-refractivity contribution < 1.29 is 9.18 Å². The van der Waals surface area contributed by atoms with Crippen molar-refractivity contribution in [3.8, 4) is 0 Å². The largest absolute Gasteiger partial charge is 0.334 e. The van der Waals surface area contributed by atoms with Crippen molar-refractivity contribution in [2.24, 2.45) is 18.9 Å². The van der Waals surface area contributed by atoms with Crippen molar-refractivity contribution in [2.45, 2.75) is 39.3 Å². The van der Waals surface area contributed by atoms with Crippen LogP contribution in [0.3, 0.4) is 0 Å². The summed E-state index contributed by atoms with van der Waals surface area (Å²) in [4.78, 5) is 17.7. The SMILES string of the molecule is Cc1nn(C)cc1CN1CCC([C@@H]2CC=CCN(Cc3ccc(F)cc3)C2=O)CC1. The molecule has 160 valence electrons. The van der Waals surface area contributed by atoms with E-state index < -0.39 is 0 Å². The molecule has 6 heteroatoms. The summed E-state index contributed by atoms with van der Waals surface area (Å²) in [6.07, 6.45) is 9.29. The summed E-state index contributed by atoms with van der Waals surface area (Å²) in [5.41, 5.74) is 3.36. The van der Waals surface area contributed by atoms with Gasteiger partial charge in [-0.1, -0.05) is 24.3 Å². The minimum Gasteiger partial charge on any atom is -0.334 e. The van der Waals surface area contributed by atoms with E-state index >= 15 is 0 Å². The number of nitrogens with zero attached hydrogens (tertiary/aromatic N) is 4. The Hall–Kier alpha value is -2.47. The highest BCUT2D eigenvalue weighted by Gasteiger charge is 2.34. The average molecular weight is 411 g/mol. The van der Waals surface area contributed by atoms with E-state index in [9.17, 15) is 9.18 Å². The molecular weight excluding hydrogens is 379 g/mol. The Bertz CT molecular complexity index is 896. The molecule has 2 aliphatic heterocycles. The maximum absolute atomic E-state index is 13.3. The maximum Gasteiger partial charge on any atom is 0.226 e. The lowest BCUT2D eigenvalue weighted by atomic mass is 9.81. The number of halogens is 1. The number of allylic oxidation sites excluding steroid dienone is 1. The molecule has 1 aromatic heterocycles. The molecule has 4 rings (SSSR count). The number of hydrogen-bond donors (Lipinski definition) is 0. The number of rotatable bonds is 5. The first-order valence-electron chi connectivity index (χ1n) is 10.9. The third-order valence-corrected chi connectivity index (χ3v) is 6.51. The van der Waals surface area contributed by atoms with Crippen LogP contribution in [0.25, 0.3) is 0 Å². The number of aromatic nitrogens is 2. The molecular formula is C24H31FN4O. The minimum atomic E-state index is -0.244. The average Bonchev–Trinajstić information content (AvgIpc) is 2.94. The smallest absolute Gasteiger partial charge is 0.226 e. The van der Waals surface area contributed by atoms with Gasteiger partial charge in [-0.05, 0) is 62.9 Å². The molecule has 2 aliphatic rings. The standard InChI is InChI=1S/C24H31FN4O/c1-18-21(16-27(2)26-18)17-28-13-10-20(11-14-28)23-5-3-4-12-29(24(23)30)15-19-6-8-22(25)9-7-19/h3-4,6-9,16,20,23H,5,10-15,17H2,1-2H3/t23-/m0/s1. The molecule has 0 aliphatic carbocycles. The molecule has 5 nitrogen and oxygen atoms in total. The highest BCUT2D eigenvalue weighted by Crippen LogP contribution is 2.31. The van der Waals surface area contributed by atoms with Crippen LogP contribution < -0.4 is 0 Å². The summed E-state index contributed by atoms with van der Waals surface area (Å²) < 4.78 is 15.1. The highest BCUT2D eigenvalue weighted by molar-refractivity contribution is 5.80. The summed E-state index contributed by atoms with van der Waals surface area (Å²) in [5, 5.41) is 4.44. The zero-order valence-corrected chi connectivity index (χ0v) is 17.9. The van der Waals surface area contributed by atoms with E-state index in [1.807, 2.05) is 16.6 Å². The number of aryl methyl sites for hydroxylation is 2. The van der Waals surface area contributed by atoms with Gasteiger partial charge in [-0.2, -0.15) is 5.10 Å². The third kappa shape index (κ3) is 4.81. The van der Waals surface area contributed by atoms with Crippen LogP contribution in [0.15, 0.2) is 42.6 Å². The Morgan fingerprint density at radius 1 is 1.10 bits per heavy atom. The summed E-state index contributed by atoms with van der Waals surface area (Å²) in [7, 11) is 1.96. The number of piperidine rings is 1. The number of likely N-dealkylation sites (tertiary alicyclic amines) is 1. The summed E-state index contributed by atoms with van der Waals surface area (Å²) >= 11 is 0. The van der Waals surface area contributed by atoms with Gasteiger partial charge in [-0.25, -0.2) is 4.39 Å². The second-order valence-electron chi connectivity index (χ2n) is 8.69. The topological polar surface area (TPSA) is 41.4 Å². The van der Waals surface area contributed by atoms with Crippen LogP contribution in [0.4, 0.5) is 4.39 Å². The van der Waals surface area contributed by atoms with E-state index in [0.29, 0.717) is 19.0 Å². The lowest BCUT2D eigenvalue weighted by Crippen LogP contribution is -2.42. The molecule has 0 N–H and O–H groups in total. The van der Waals surface area contributed by atoms with Gasteiger partial charge in [0.2, 0.25) is 5.91 Å². The normalized spacial score (nSPS) is 21.2. The fraction of sp³-hybridized carbons (Fsp3) is 0.500. The highest BCUT2D eigenvalue weighted by atomic mass is 19.1. The first-order valence-corrected chi connectivity index (χ1v) is 10.9. The van der Waals surface area contributed by atoms with E-state index in [4.69, 9.17) is 0 Å². The second-order valence-corrected chi connectivity index (χ2v) is 8.69. The number of amides is 1. The van der Waals surface area contributed by atoms with Gasteiger partial charge in [0.1, 0.15) is 5.82 Å². The van der Waals surface area contributed by atoms with Crippen molar-refractivity contribution in [3.63, 3.8) is 0 Å². The monoisotopic (exact) mass is 410 g/mol. The van der Waals surface area contributed by atoms with Crippen LogP contribution in [0.1, 0.15) is 36.1 Å². The molecule has 3 heterocycles. The van der Waals surface area contributed by atoms with Crippen LogP contribution in [-0.4, -0.2) is 45.1 Å². The molecule has 1 amide bonds. The molecule has 2 aromatic rings. The molecule has 30 heavy (non-hydrogen) atoms. The van der Waals surface area contributed by atoms with Crippen LogP contribution >= 0.6 is 0 Å². The number of carbonyl (C=O) groups is 1. The Balaban J connectivity index is 1.36. The Morgan fingerprint density at radius 3 is 2.50 bits per heavy atom. The maximum atomic E-state index is 13.3. The Labute approximate surface area is 178 Å². The van der Waals surface area contributed by atoms with Crippen molar-refractivity contribution in [1.82, 2.24) is 19.6 Å². The van der Waals surface area contributed by atoms with Crippen molar-refractivity contribution in [2.75, 3.05) is 19.6 Å². The Morgan fingerprint density at radius 2 is 1.83 bits per heavy atom. The number of hydrogen-bond acceptors (Lipinski definition) is 3. The van der Waals surface area contributed by atoms with E-state index in [1.165, 1.54) is 17.7 Å². The molecule has 0 radical (unpaired) electrons. The molecule has 1 saturated heterocycles. The van der Waals surface area contributed by atoms with Gasteiger partial charge < -0.3 is 4.90 Å². The van der Waals surface area contributed by atoms with Gasteiger partial charge in [-0.3, -0.25) is 14.4 Å². The van der Waals surface area contributed by atoms with Gasteiger partial charge in [-0.15, -0.1) is 0 Å². The number of carbonyl (C=O) groups excluding carboxylic acids is 1. The zero-order chi connectivity index (χ0) is 21.1. The first kappa shape index (κ1) is 20.8. The van der Waals surface area contributed by atoms with Crippen LogP contribution in [0.5, 0.6) is 0 Å². The quantitative estimate of drug-likeness (QED) is 0.706. The summed E-state index contributed by atoms with van der Waals surface area (Å²) in [6.45, 7) is 6.20. The molecule has 1 atom stereocenters.